The van der Waals surface area contributed by atoms with Crippen molar-refractivity contribution in [2.75, 3.05) is 0 Å². The molecule has 0 bridgehead atoms. The van der Waals surface area contributed by atoms with Crippen LogP contribution >= 0.6 is 11.6 Å². The molecule has 3 rings (SSSR count). The molecule has 0 saturated heterocycles. The average Bonchev–Trinajstić information content (AvgIpc) is 2.39. The number of aliphatic carboxylic acids is 1. The van der Waals surface area contributed by atoms with E-state index in [9.17, 15) is 4.79 Å². The Balaban J connectivity index is 0.00000161. The predicted molar refractivity (Wildman–Crippen MR) is 83.2 cm³/mol. The summed E-state index contributed by atoms with van der Waals surface area (Å²) in [5, 5.41) is 9.84. The topological polar surface area (TPSA) is 37.3 Å². The first kappa shape index (κ1) is 15.6. The molecule has 0 spiro atoms. The molecule has 1 N–H and O–H groups in total. The molecule has 21 heavy (non-hydrogen) atoms. The van der Waals surface area contributed by atoms with Crippen LogP contribution in [0.2, 0.25) is 5.02 Å². The first-order valence-corrected chi connectivity index (χ1v) is 7.11. The number of carboxylic acid groups (broad SMARTS) is 1. The second-order valence-corrected chi connectivity index (χ2v) is 5.69. The van der Waals surface area contributed by atoms with Gasteiger partial charge in [-0.3, -0.25) is 4.79 Å². The van der Waals surface area contributed by atoms with Crippen LogP contribution in [0.25, 0.3) is 11.1 Å². The molecule has 3 heteroatoms. The molecule has 0 amide bonds. The van der Waals surface area contributed by atoms with Gasteiger partial charge in [-0.1, -0.05) is 48.0 Å². The Labute approximate surface area is 130 Å². The SMILES string of the molecule is O=C(O)C1CCC1c1ccc(-c2ccc(Cl)cc2)cc1.[C]. The standard InChI is InChI=1S/C17H15ClO2.C/c18-14-7-5-12(6-8-14)11-1-3-13(4-2-11)15-9-10-16(15)17(19)20;/h1-8,15-16H,9-10H2,(H,19,20);. The largest absolute Gasteiger partial charge is 0.481 e. The van der Waals surface area contributed by atoms with Crippen LogP contribution in [-0.2, 0) is 4.79 Å². The molecule has 0 aliphatic heterocycles. The summed E-state index contributed by atoms with van der Waals surface area (Å²) >= 11 is 5.88. The Morgan fingerprint density at radius 3 is 1.90 bits per heavy atom. The highest BCUT2D eigenvalue weighted by molar-refractivity contribution is 6.30. The molecule has 0 heterocycles. The van der Waals surface area contributed by atoms with Crippen molar-refractivity contribution in [2.45, 2.75) is 18.8 Å². The molecule has 2 unspecified atom stereocenters. The first-order valence-electron chi connectivity index (χ1n) is 6.74. The first-order chi connectivity index (χ1) is 9.65. The van der Waals surface area contributed by atoms with Gasteiger partial charge in [0.1, 0.15) is 0 Å². The van der Waals surface area contributed by atoms with Crippen LogP contribution in [0.1, 0.15) is 24.3 Å². The maximum absolute atomic E-state index is 11.1. The maximum Gasteiger partial charge on any atom is 0.307 e. The number of benzene rings is 2. The molecule has 2 aromatic carbocycles. The quantitative estimate of drug-likeness (QED) is 0.894. The molecule has 4 radical (unpaired) electrons. The van der Waals surface area contributed by atoms with E-state index in [2.05, 4.69) is 12.1 Å². The minimum absolute atomic E-state index is 0. The summed E-state index contributed by atoms with van der Waals surface area (Å²) in [4.78, 5) is 11.1. The van der Waals surface area contributed by atoms with Crippen molar-refractivity contribution >= 4 is 17.6 Å². The van der Waals surface area contributed by atoms with E-state index < -0.39 is 5.97 Å². The second kappa shape index (κ2) is 6.31. The van der Waals surface area contributed by atoms with Crippen molar-refractivity contribution in [1.82, 2.24) is 0 Å². The molecule has 1 aliphatic carbocycles. The summed E-state index contributed by atoms with van der Waals surface area (Å²) in [6.45, 7) is 0. The second-order valence-electron chi connectivity index (χ2n) is 5.26. The lowest BCUT2D eigenvalue weighted by Gasteiger charge is -2.33. The van der Waals surface area contributed by atoms with Gasteiger partial charge in [0, 0.05) is 12.4 Å². The minimum atomic E-state index is -0.678. The van der Waals surface area contributed by atoms with E-state index >= 15 is 0 Å². The fourth-order valence-corrected chi connectivity index (χ4v) is 2.89. The maximum atomic E-state index is 11.1. The van der Waals surface area contributed by atoms with Gasteiger partial charge in [0.2, 0.25) is 0 Å². The number of halogens is 1. The minimum Gasteiger partial charge on any atom is -0.481 e. The summed E-state index contributed by atoms with van der Waals surface area (Å²) in [6, 6.07) is 15.9. The Bertz CT molecular complexity index is 617. The zero-order valence-corrected chi connectivity index (χ0v) is 12.2. The normalized spacial score (nSPS) is 20.2. The van der Waals surface area contributed by atoms with Gasteiger partial charge in [0.05, 0.1) is 5.92 Å². The molecule has 1 saturated carbocycles. The Morgan fingerprint density at radius 2 is 1.48 bits per heavy atom. The summed E-state index contributed by atoms with van der Waals surface area (Å²) in [6.07, 6.45) is 1.76. The highest BCUT2D eigenvalue weighted by Gasteiger charge is 2.37. The molecule has 1 fully saturated rings. The fraction of sp³-hybridized carbons (Fsp3) is 0.222. The lowest BCUT2D eigenvalue weighted by molar-refractivity contribution is -0.145. The third-order valence-corrected chi connectivity index (χ3v) is 4.36. The average molecular weight is 299 g/mol. The van der Waals surface area contributed by atoms with Crippen molar-refractivity contribution in [1.29, 1.82) is 0 Å². The zero-order valence-electron chi connectivity index (χ0n) is 11.4. The van der Waals surface area contributed by atoms with Crippen molar-refractivity contribution in [3.63, 3.8) is 0 Å². The highest BCUT2D eigenvalue weighted by atomic mass is 35.5. The number of hydrogen-bond acceptors (Lipinski definition) is 1. The summed E-state index contributed by atoms with van der Waals surface area (Å²) in [7, 11) is 0. The molecular weight excluding hydrogens is 284 g/mol. The van der Waals surface area contributed by atoms with E-state index in [0.717, 1.165) is 34.6 Å². The Kier molecular flexibility index (Phi) is 4.69. The number of hydrogen-bond donors (Lipinski definition) is 1. The molecule has 106 valence electrons. The number of carboxylic acids is 1. The van der Waals surface area contributed by atoms with Crippen molar-refractivity contribution in [3.05, 3.63) is 66.5 Å². The molecule has 2 aromatic rings. The molecular formula is C18H15ClO2. The van der Waals surface area contributed by atoms with E-state index in [0.29, 0.717) is 0 Å². The molecule has 2 atom stereocenters. The highest BCUT2D eigenvalue weighted by Crippen LogP contribution is 2.42. The van der Waals surface area contributed by atoms with Crippen molar-refractivity contribution in [3.8, 4) is 11.1 Å². The third-order valence-electron chi connectivity index (χ3n) is 4.11. The predicted octanol–water partition coefficient (Wildman–Crippen LogP) is 4.67. The Hall–Kier alpha value is -1.80. The van der Waals surface area contributed by atoms with E-state index in [1.54, 1.807) is 0 Å². The molecule has 0 aromatic heterocycles. The van der Waals surface area contributed by atoms with Crippen molar-refractivity contribution < 1.29 is 9.90 Å². The fourth-order valence-electron chi connectivity index (χ4n) is 2.76. The van der Waals surface area contributed by atoms with Crippen LogP contribution in [0.3, 0.4) is 0 Å². The van der Waals surface area contributed by atoms with Gasteiger partial charge in [-0.15, -0.1) is 0 Å². The van der Waals surface area contributed by atoms with Crippen LogP contribution in [0, 0.1) is 13.3 Å². The van der Waals surface area contributed by atoms with Crippen molar-refractivity contribution in [2.24, 2.45) is 5.92 Å². The Morgan fingerprint density at radius 1 is 0.952 bits per heavy atom. The van der Waals surface area contributed by atoms with E-state index in [4.69, 9.17) is 16.7 Å². The van der Waals surface area contributed by atoms with Gasteiger partial charge < -0.3 is 5.11 Å². The monoisotopic (exact) mass is 298 g/mol. The van der Waals surface area contributed by atoms with E-state index in [-0.39, 0.29) is 19.3 Å². The van der Waals surface area contributed by atoms with Crippen LogP contribution in [0.4, 0.5) is 0 Å². The molecule has 1 aliphatic rings. The summed E-state index contributed by atoms with van der Waals surface area (Å²) < 4.78 is 0. The lowest BCUT2D eigenvalue weighted by atomic mass is 9.70. The van der Waals surface area contributed by atoms with Gasteiger partial charge in [-0.05, 0) is 47.6 Å². The van der Waals surface area contributed by atoms with Gasteiger partial charge in [0.25, 0.3) is 0 Å². The van der Waals surface area contributed by atoms with Crippen LogP contribution in [0.5, 0.6) is 0 Å². The van der Waals surface area contributed by atoms with Crippen LogP contribution in [0.15, 0.2) is 48.5 Å². The van der Waals surface area contributed by atoms with Gasteiger partial charge in [0.15, 0.2) is 0 Å². The summed E-state index contributed by atoms with van der Waals surface area (Å²) in [5.41, 5.74) is 3.36. The lowest BCUT2D eigenvalue weighted by Crippen LogP contribution is -2.30. The van der Waals surface area contributed by atoms with Gasteiger partial charge in [-0.25, -0.2) is 0 Å². The van der Waals surface area contributed by atoms with Gasteiger partial charge in [-0.2, -0.15) is 0 Å². The molecule has 2 nitrogen and oxygen atoms in total. The van der Waals surface area contributed by atoms with E-state index in [1.807, 2.05) is 36.4 Å². The third kappa shape index (κ3) is 3.11. The summed E-state index contributed by atoms with van der Waals surface area (Å²) in [5.74, 6) is -0.717. The van der Waals surface area contributed by atoms with E-state index in [1.165, 1.54) is 0 Å². The van der Waals surface area contributed by atoms with Gasteiger partial charge >= 0.3 is 5.97 Å². The van der Waals surface area contributed by atoms with Crippen LogP contribution < -0.4 is 0 Å². The smallest absolute Gasteiger partial charge is 0.307 e. The zero-order chi connectivity index (χ0) is 14.1. The number of rotatable bonds is 3. The number of carbonyl (C=O) groups is 1. The van der Waals surface area contributed by atoms with Crippen LogP contribution in [-0.4, -0.2) is 11.1 Å².